The van der Waals surface area contributed by atoms with Crippen LogP contribution >= 0.6 is 0 Å². The molecule has 2 saturated heterocycles. The van der Waals surface area contributed by atoms with Gasteiger partial charge in [0.05, 0.1) is 11.3 Å². The van der Waals surface area contributed by atoms with Crippen molar-refractivity contribution in [2.75, 3.05) is 32.8 Å². The Kier molecular flexibility index (Phi) is 4.59. The molecule has 20 heavy (non-hydrogen) atoms. The summed E-state index contributed by atoms with van der Waals surface area (Å²) >= 11 is 0. The number of likely N-dealkylation sites (tertiary alicyclic amines) is 1. The van der Waals surface area contributed by atoms with Gasteiger partial charge in [0, 0.05) is 26.3 Å². The van der Waals surface area contributed by atoms with E-state index >= 15 is 0 Å². The van der Waals surface area contributed by atoms with Crippen LogP contribution in [0.5, 0.6) is 0 Å². The number of rotatable bonds is 3. The fourth-order valence-electron chi connectivity index (χ4n) is 3.10. The molecule has 0 saturated carbocycles. The van der Waals surface area contributed by atoms with E-state index in [0.29, 0.717) is 39.0 Å². The summed E-state index contributed by atoms with van der Waals surface area (Å²) in [5.41, 5.74) is -0.953. The van der Waals surface area contributed by atoms with Gasteiger partial charge in [0.1, 0.15) is 0 Å². The summed E-state index contributed by atoms with van der Waals surface area (Å²) in [6.45, 7) is 1.38. The fourth-order valence-corrected chi connectivity index (χ4v) is 3.10. The zero-order chi connectivity index (χ0) is 14.8. The molecule has 2 rings (SSSR count). The van der Waals surface area contributed by atoms with Crippen molar-refractivity contribution in [2.45, 2.75) is 31.9 Å². The van der Waals surface area contributed by atoms with Gasteiger partial charge in [-0.3, -0.25) is 4.79 Å². The van der Waals surface area contributed by atoms with Gasteiger partial charge in [-0.15, -0.1) is 0 Å². The van der Waals surface area contributed by atoms with Crippen LogP contribution in [-0.4, -0.2) is 55.0 Å². The molecular weight excluding hydrogens is 275 g/mol. The highest BCUT2D eigenvalue weighted by Crippen LogP contribution is 2.37. The summed E-state index contributed by atoms with van der Waals surface area (Å²) in [5, 5.41) is 9.44. The highest BCUT2D eigenvalue weighted by molar-refractivity contribution is 5.75. The van der Waals surface area contributed by atoms with Crippen molar-refractivity contribution in [3.63, 3.8) is 0 Å². The third-order valence-corrected chi connectivity index (χ3v) is 4.40. The van der Waals surface area contributed by atoms with Crippen molar-refractivity contribution >= 4 is 5.97 Å². The average Bonchev–Trinajstić information content (AvgIpc) is 2.39. The zero-order valence-corrected chi connectivity index (χ0v) is 11.3. The van der Waals surface area contributed by atoms with E-state index in [1.54, 1.807) is 4.90 Å². The lowest BCUT2D eigenvalue weighted by molar-refractivity contribution is -0.189. The Morgan fingerprint density at radius 3 is 2.55 bits per heavy atom. The first kappa shape index (κ1) is 15.6. The molecule has 0 amide bonds. The maximum absolute atomic E-state index is 12.8. The SMILES string of the molecule is O=C(O)C1(CN2CCCC(C(F)(F)F)C2)CCOCC1. The Bertz CT molecular complexity index is 353. The number of carbonyl (C=O) groups is 1. The van der Waals surface area contributed by atoms with E-state index in [9.17, 15) is 23.1 Å². The third kappa shape index (κ3) is 3.44. The summed E-state index contributed by atoms with van der Waals surface area (Å²) in [7, 11) is 0. The van der Waals surface area contributed by atoms with Gasteiger partial charge in [0.25, 0.3) is 0 Å². The van der Waals surface area contributed by atoms with E-state index < -0.39 is 23.5 Å². The van der Waals surface area contributed by atoms with Crippen LogP contribution in [0.3, 0.4) is 0 Å². The van der Waals surface area contributed by atoms with E-state index in [1.165, 1.54) is 0 Å². The number of hydrogen-bond acceptors (Lipinski definition) is 3. The Labute approximate surface area is 115 Å². The molecule has 2 fully saturated rings. The molecule has 0 aromatic carbocycles. The van der Waals surface area contributed by atoms with Gasteiger partial charge in [0.15, 0.2) is 0 Å². The zero-order valence-electron chi connectivity index (χ0n) is 11.3. The molecule has 2 aliphatic rings. The summed E-state index contributed by atoms with van der Waals surface area (Å²) in [4.78, 5) is 13.2. The smallest absolute Gasteiger partial charge is 0.393 e. The Hall–Kier alpha value is -0.820. The second kappa shape index (κ2) is 5.89. The molecule has 7 heteroatoms. The second-order valence-corrected chi connectivity index (χ2v) is 5.81. The van der Waals surface area contributed by atoms with Crippen molar-refractivity contribution in [2.24, 2.45) is 11.3 Å². The quantitative estimate of drug-likeness (QED) is 0.866. The van der Waals surface area contributed by atoms with Crippen LogP contribution in [-0.2, 0) is 9.53 Å². The molecule has 0 bridgehead atoms. The fraction of sp³-hybridized carbons (Fsp3) is 0.923. The first-order valence-corrected chi connectivity index (χ1v) is 6.94. The average molecular weight is 295 g/mol. The van der Waals surface area contributed by atoms with Gasteiger partial charge < -0.3 is 14.7 Å². The lowest BCUT2D eigenvalue weighted by atomic mass is 9.79. The second-order valence-electron chi connectivity index (χ2n) is 5.81. The molecule has 1 atom stereocenters. The first-order valence-electron chi connectivity index (χ1n) is 6.94. The number of nitrogens with zero attached hydrogens (tertiary/aromatic N) is 1. The van der Waals surface area contributed by atoms with Crippen LogP contribution in [0.15, 0.2) is 0 Å². The number of carboxylic acid groups (broad SMARTS) is 1. The molecule has 1 N–H and O–H groups in total. The van der Waals surface area contributed by atoms with Gasteiger partial charge in [-0.25, -0.2) is 0 Å². The largest absolute Gasteiger partial charge is 0.481 e. The normalized spacial score (nSPS) is 28.2. The van der Waals surface area contributed by atoms with Crippen LogP contribution in [0.4, 0.5) is 13.2 Å². The third-order valence-electron chi connectivity index (χ3n) is 4.40. The van der Waals surface area contributed by atoms with Gasteiger partial charge in [-0.1, -0.05) is 0 Å². The van der Waals surface area contributed by atoms with Gasteiger partial charge >= 0.3 is 12.1 Å². The molecule has 2 heterocycles. The monoisotopic (exact) mass is 295 g/mol. The predicted octanol–water partition coefficient (Wildman–Crippen LogP) is 2.14. The Morgan fingerprint density at radius 2 is 2.00 bits per heavy atom. The first-order chi connectivity index (χ1) is 9.33. The van der Waals surface area contributed by atoms with Crippen LogP contribution in [0.25, 0.3) is 0 Å². The maximum atomic E-state index is 12.8. The molecule has 0 aromatic rings. The number of piperidine rings is 1. The summed E-state index contributed by atoms with van der Waals surface area (Å²) in [5.74, 6) is -2.25. The highest BCUT2D eigenvalue weighted by Gasteiger charge is 2.46. The minimum Gasteiger partial charge on any atom is -0.481 e. The summed E-state index contributed by atoms with van der Waals surface area (Å²) in [6.07, 6.45) is -2.84. The molecule has 0 radical (unpaired) electrons. The molecule has 0 aromatic heterocycles. The van der Waals surface area contributed by atoms with E-state index in [1.807, 2.05) is 0 Å². The van der Waals surface area contributed by atoms with Crippen molar-refractivity contribution < 1.29 is 27.8 Å². The predicted molar refractivity (Wildman–Crippen MR) is 65.3 cm³/mol. The maximum Gasteiger partial charge on any atom is 0.393 e. The van der Waals surface area contributed by atoms with Crippen LogP contribution in [0.1, 0.15) is 25.7 Å². The molecule has 4 nitrogen and oxygen atoms in total. The highest BCUT2D eigenvalue weighted by atomic mass is 19.4. The number of halogens is 3. The molecule has 0 aliphatic carbocycles. The number of alkyl halides is 3. The number of aliphatic carboxylic acids is 1. The molecule has 116 valence electrons. The standard InChI is InChI=1S/C13H20F3NO3/c14-13(15,16)10-2-1-5-17(8-10)9-12(11(18)19)3-6-20-7-4-12/h10H,1-9H2,(H,18,19). The Morgan fingerprint density at radius 1 is 1.35 bits per heavy atom. The van der Waals surface area contributed by atoms with Crippen molar-refractivity contribution in [3.8, 4) is 0 Å². The van der Waals surface area contributed by atoms with Crippen molar-refractivity contribution in [1.29, 1.82) is 0 Å². The van der Waals surface area contributed by atoms with Crippen molar-refractivity contribution in [1.82, 2.24) is 4.90 Å². The number of hydrogen-bond donors (Lipinski definition) is 1. The topological polar surface area (TPSA) is 49.8 Å². The Balaban J connectivity index is 2.01. The van der Waals surface area contributed by atoms with E-state index in [4.69, 9.17) is 4.74 Å². The summed E-state index contributed by atoms with van der Waals surface area (Å²) in [6, 6.07) is 0. The molecule has 1 unspecified atom stereocenters. The van der Waals surface area contributed by atoms with Crippen LogP contribution in [0, 0.1) is 11.3 Å². The summed E-state index contributed by atoms with van der Waals surface area (Å²) < 4.78 is 43.5. The lowest BCUT2D eigenvalue weighted by Crippen LogP contribution is -2.50. The van der Waals surface area contributed by atoms with Gasteiger partial charge in [-0.2, -0.15) is 13.2 Å². The van der Waals surface area contributed by atoms with Crippen LogP contribution < -0.4 is 0 Å². The lowest BCUT2D eigenvalue weighted by Gasteiger charge is -2.41. The van der Waals surface area contributed by atoms with Crippen LogP contribution in [0.2, 0.25) is 0 Å². The number of ether oxygens (including phenoxy) is 1. The minimum absolute atomic E-state index is 0.0839. The minimum atomic E-state index is -4.19. The van der Waals surface area contributed by atoms with Gasteiger partial charge in [0.2, 0.25) is 0 Å². The van der Waals surface area contributed by atoms with E-state index in [-0.39, 0.29) is 19.5 Å². The molecular formula is C13H20F3NO3. The van der Waals surface area contributed by atoms with Gasteiger partial charge in [-0.05, 0) is 32.2 Å². The number of carboxylic acids is 1. The van der Waals surface area contributed by atoms with E-state index in [2.05, 4.69) is 0 Å². The molecule has 0 spiro atoms. The molecule has 2 aliphatic heterocycles. The van der Waals surface area contributed by atoms with Crippen molar-refractivity contribution in [3.05, 3.63) is 0 Å². The van der Waals surface area contributed by atoms with E-state index in [0.717, 1.165) is 0 Å².